The predicted octanol–water partition coefficient (Wildman–Crippen LogP) is 7.24. The maximum atomic E-state index is 15.8. The summed E-state index contributed by atoms with van der Waals surface area (Å²) >= 11 is 35.4. The van der Waals surface area contributed by atoms with Crippen LogP contribution in [0.3, 0.4) is 0 Å². The largest absolute Gasteiger partial charge is 0.497 e. The number of carbonyl (C=O) groups excluding carboxylic acids is 3. The summed E-state index contributed by atoms with van der Waals surface area (Å²) in [5, 5.41) is 21.5. The number of benzene rings is 3. The number of alkyl halides is 6. The van der Waals surface area contributed by atoms with Gasteiger partial charge in [-0.15, -0.1) is 0 Å². The fourth-order valence-corrected chi connectivity index (χ4v) is 10.6. The molecule has 2 fully saturated rings. The molecule has 460 valence electrons. The van der Waals surface area contributed by atoms with Gasteiger partial charge in [0.1, 0.15) is 47.3 Å². The van der Waals surface area contributed by atoms with E-state index in [0.29, 0.717) is 32.8 Å². The van der Waals surface area contributed by atoms with Gasteiger partial charge in [0.2, 0.25) is 5.91 Å². The summed E-state index contributed by atoms with van der Waals surface area (Å²) in [6.45, 7) is 0.102. The van der Waals surface area contributed by atoms with Gasteiger partial charge in [0.25, 0.3) is 13.1 Å². The van der Waals surface area contributed by atoms with Crippen molar-refractivity contribution in [2.24, 2.45) is 0 Å². The van der Waals surface area contributed by atoms with Crippen LogP contribution in [0, 0.1) is 22.7 Å². The number of anilines is 1. The molecule has 5 aromatic rings. The number of H-pyrrole nitrogens is 1. The summed E-state index contributed by atoms with van der Waals surface area (Å²) in [6, 6.07) is 28.9. The second kappa shape index (κ2) is 29.7. The second-order valence-electron chi connectivity index (χ2n) is 18.4. The lowest BCUT2D eigenvalue weighted by molar-refractivity contribution is -0.192. The molecule has 4 heterocycles. The Bertz CT molecular complexity index is 3440. The zero-order chi connectivity index (χ0) is 62.6. The maximum absolute atomic E-state index is 15.8. The van der Waals surface area contributed by atoms with Gasteiger partial charge in [-0.1, -0.05) is 124 Å². The predicted molar refractivity (Wildman–Crippen MR) is 306 cm³/mol. The van der Waals surface area contributed by atoms with Crippen molar-refractivity contribution in [3.63, 3.8) is 0 Å². The number of nitriles is 2. The first-order valence-corrected chi connectivity index (χ1v) is 29.2. The van der Waals surface area contributed by atoms with E-state index in [1.807, 2.05) is 29.3 Å². The van der Waals surface area contributed by atoms with E-state index >= 15 is 4.57 Å². The van der Waals surface area contributed by atoms with Crippen LogP contribution in [-0.2, 0) is 71.3 Å². The van der Waals surface area contributed by atoms with Gasteiger partial charge >= 0.3 is 31.1 Å². The van der Waals surface area contributed by atoms with Crippen molar-refractivity contribution < 1.29 is 75.2 Å². The Balaban J connectivity index is 1.39. The first-order chi connectivity index (χ1) is 40.8. The third-order valence-corrected chi connectivity index (χ3v) is 15.1. The molecule has 2 unspecified atom stereocenters. The second-order valence-corrected chi connectivity index (χ2v) is 24.6. The van der Waals surface area contributed by atoms with Gasteiger partial charge in [0, 0.05) is 25.4 Å². The number of aromatic nitrogens is 4. The Kier molecular flexibility index (Phi) is 23.3. The molecule has 7 rings (SSSR count). The summed E-state index contributed by atoms with van der Waals surface area (Å²) in [7, 11) is -2.40. The number of carbonyl (C=O) groups is 3. The SMILES string of the molecule is COc1ccc(C(OC[C@H]2O[C@@H](n3ccc(NC(C)=O)nc3=O)[C@H](OC(C)OCCC#N)[C@@H]2OP(=O)(OCCC#N)OC[C@H]2O[C@@H](n3ccc(=O)[nH]c3=O)[C@H](OC(=O)C(Cl)(Cl)Cl)[C@@H]2OC(=O)C(Cl)(Cl)Cl)(c2ccccc2)c2ccc(OC)cc2)cc1. The number of rotatable bonds is 26. The van der Waals surface area contributed by atoms with Gasteiger partial charge < -0.3 is 47.9 Å². The van der Waals surface area contributed by atoms with E-state index in [4.69, 9.17) is 126 Å². The van der Waals surface area contributed by atoms with E-state index in [-0.39, 0.29) is 18.8 Å². The van der Waals surface area contributed by atoms with E-state index in [9.17, 15) is 39.3 Å². The first kappa shape index (κ1) is 67.4. The molecule has 33 heteroatoms. The Labute approximate surface area is 519 Å². The number of amides is 1. The van der Waals surface area contributed by atoms with Gasteiger partial charge in [0.05, 0.1) is 65.6 Å². The number of methoxy groups -OCH3 is 2. The maximum Gasteiger partial charge on any atom is 0.475 e. The fourth-order valence-electron chi connectivity index (χ4n) is 8.96. The smallest absolute Gasteiger partial charge is 0.475 e. The van der Waals surface area contributed by atoms with Crippen molar-refractivity contribution in [1.82, 2.24) is 19.1 Å². The molecule has 2 N–H and O–H groups in total. The van der Waals surface area contributed by atoms with Crippen molar-refractivity contribution in [3.8, 4) is 23.6 Å². The Morgan fingerprint density at radius 2 is 1.24 bits per heavy atom. The third-order valence-electron chi connectivity index (χ3n) is 12.7. The van der Waals surface area contributed by atoms with Crippen LogP contribution in [0.4, 0.5) is 5.82 Å². The number of phosphoric ester groups is 1. The Hall–Kier alpha value is -6.14. The summed E-state index contributed by atoms with van der Waals surface area (Å²) in [6.07, 6.45) is -14.3. The molecule has 2 aliphatic heterocycles. The van der Waals surface area contributed by atoms with Gasteiger partial charge in [-0.25, -0.2) is 23.7 Å². The molecule has 0 spiro atoms. The zero-order valence-corrected chi connectivity index (χ0v) is 50.9. The molecule has 0 bridgehead atoms. The number of phosphoric acid groups is 1. The molecule has 86 heavy (non-hydrogen) atoms. The summed E-state index contributed by atoms with van der Waals surface area (Å²) < 4.78 is 84.6. The van der Waals surface area contributed by atoms with E-state index in [2.05, 4.69) is 10.3 Å². The molecule has 3 aromatic carbocycles. The standard InChI is InChI=1S/C53H52Cl6N7O19P/c1-30(67)62-39-20-24-65(49(71)63-39)46-44(80-31(2)76-26-8-22-60)42(37(81-46)28-77-51(32-10-6-5-7-11-32,33-12-16-35(74-3)17-13-33)34-14-18-36(75-4)19-15-34)85-86(73,78-27-9-23-61)79-29-38-41(83-47(69)52(54,55)56)43(84-48(70)53(57,58)59)45(82-38)66-25-21-40(68)64-50(66)72/h5-7,10-21,24-25,31,37-38,41-46H,8-9,26-29H2,1-4H3,(H,64,68,72)(H,62,63,67,71)/t31?,37-,38-,41-,42-,43-,44-,45-,46-,86?/m1/s1. The Morgan fingerprint density at radius 3 is 1.78 bits per heavy atom. The minimum Gasteiger partial charge on any atom is -0.497 e. The molecule has 2 aromatic heterocycles. The molecule has 2 saturated heterocycles. The van der Waals surface area contributed by atoms with Crippen molar-refractivity contribution in [2.75, 3.05) is 46.0 Å². The molecule has 1 amide bonds. The van der Waals surface area contributed by atoms with Crippen LogP contribution in [-0.4, -0.2) is 128 Å². The average molecular weight is 1330 g/mol. The highest BCUT2D eigenvalue weighted by Gasteiger charge is 2.57. The van der Waals surface area contributed by atoms with E-state index in [0.717, 1.165) is 16.8 Å². The van der Waals surface area contributed by atoms with E-state index in [1.165, 1.54) is 40.3 Å². The molecular formula is C53H52Cl6N7O19P. The molecule has 0 radical (unpaired) electrons. The summed E-state index contributed by atoms with van der Waals surface area (Å²) in [4.78, 5) is 84.4. The average Bonchev–Trinajstić information content (AvgIpc) is 1.29. The van der Waals surface area contributed by atoms with Crippen LogP contribution in [0.25, 0.3) is 0 Å². The first-order valence-electron chi connectivity index (χ1n) is 25.5. The third kappa shape index (κ3) is 16.7. The molecule has 26 nitrogen and oxygen atoms in total. The fraction of sp³-hybridized carbons (Fsp3) is 0.415. The van der Waals surface area contributed by atoms with Gasteiger partial charge in [-0.2, -0.15) is 15.5 Å². The molecule has 0 saturated carbocycles. The van der Waals surface area contributed by atoms with E-state index in [1.54, 1.807) is 66.7 Å². The van der Waals surface area contributed by atoms with Gasteiger partial charge in [-0.3, -0.25) is 37.3 Å². The molecular weight excluding hydrogens is 1280 g/mol. The molecule has 10 atom stereocenters. The van der Waals surface area contributed by atoms with Crippen LogP contribution in [0.2, 0.25) is 0 Å². The minimum absolute atomic E-state index is 0.0970. The highest BCUT2D eigenvalue weighted by molar-refractivity contribution is 7.48. The van der Waals surface area contributed by atoms with Crippen molar-refractivity contribution in [1.29, 1.82) is 10.5 Å². The number of aromatic amines is 1. The van der Waals surface area contributed by atoms with Gasteiger partial charge in [-0.05, 0) is 53.9 Å². The highest BCUT2D eigenvalue weighted by atomic mass is 35.6. The van der Waals surface area contributed by atoms with Crippen molar-refractivity contribution >= 4 is 101 Å². The quantitative estimate of drug-likeness (QED) is 0.0138. The number of hydrogen-bond donors (Lipinski definition) is 2. The number of hydrogen-bond acceptors (Lipinski definition) is 22. The van der Waals surface area contributed by atoms with Crippen LogP contribution in [0.15, 0.2) is 118 Å². The highest BCUT2D eigenvalue weighted by Crippen LogP contribution is 2.55. The van der Waals surface area contributed by atoms with Crippen LogP contribution in [0.5, 0.6) is 11.5 Å². The lowest BCUT2D eigenvalue weighted by Gasteiger charge is -2.37. The lowest BCUT2D eigenvalue weighted by atomic mass is 9.80. The minimum atomic E-state index is -5.39. The van der Waals surface area contributed by atoms with Crippen molar-refractivity contribution in [2.45, 2.75) is 95.2 Å². The summed E-state index contributed by atoms with van der Waals surface area (Å²) in [5.74, 6) is -2.93. The van der Waals surface area contributed by atoms with Crippen LogP contribution >= 0.6 is 77.4 Å². The topological polar surface area (TPSA) is 328 Å². The molecule has 2 aliphatic rings. The zero-order valence-electron chi connectivity index (χ0n) is 45.5. The van der Waals surface area contributed by atoms with Crippen molar-refractivity contribution in [3.05, 3.63) is 151 Å². The van der Waals surface area contributed by atoms with E-state index < -0.39 is 137 Å². The van der Waals surface area contributed by atoms with Gasteiger partial charge in [0.15, 0.2) is 31.0 Å². The number of halogens is 6. The lowest BCUT2D eigenvalue weighted by Crippen LogP contribution is -2.45. The number of esters is 2. The Morgan fingerprint density at radius 1 is 0.709 bits per heavy atom. The normalized spacial score (nSPS) is 21.5. The number of ether oxygens (including phenoxy) is 9. The molecule has 0 aliphatic carbocycles. The monoisotopic (exact) mass is 1330 g/mol. The van der Waals surface area contributed by atoms with Crippen LogP contribution < -0.4 is 31.7 Å². The summed E-state index contributed by atoms with van der Waals surface area (Å²) in [5.41, 5.74) is -3.00. The number of nitrogens with zero attached hydrogens (tertiary/aromatic N) is 5. The number of nitrogens with one attached hydrogen (secondary N) is 2. The van der Waals surface area contributed by atoms with Crippen LogP contribution in [0.1, 0.15) is 55.8 Å².